The maximum Gasteiger partial charge on any atom is 0.296 e. The van der Waals surface area contributed by atoms with Crippen LogP contribution in [0.4, 0.5) is 5.13 Å². The van der Waals surface area contributed by atoms with Crippen molar-refractivity contribution >= 4 is 56.1 Å². The molecule has 7 nitrogen and oxygen atoms in total. The number of anilines is 1. The first-order valence-electron chi connectivity index (χ1n) is 12.4. The van der Waals surface area contributed by atoms with Crippen LogP contribution in [-0.2, 0) is 9.59 Å². The predicted octanol–water partition coefficient (Wildman–Crippen LogP) is 6.93. The normalized spacial score (nSPS) is 15.5. The molecule has 1 atom stereocenters. The molecule has 5 rings (SSSR count). The van der Waals surface area contributed by atoms with Crippen LogP contribution >= 0.6 is 22.9 Å². The van der Waals surface area contributed by atoms with Gasteiger partial charge in [0.2, 0.25) is 0 Å². The maximum absolute atomic E-state index is 13.6. The number of halogens is 1. The van der Waals surface area contributed by atoms with Crippen LogP contribution in [0.1, 0.15) is 31.0 Å². The van der Waals surface area contributed by atoms with E-state index in [0.717, 1.165) is 10.3 Å². The molecule has 0 saturated carbocycles. The monoisotopic (exact) mass is 560 g/mol. The minimum absolute atomic E-state index is 0.0453. The van der Waals surface area contributed by atoms with Crippen molar-refractivity contribution in [2.75, 3.05) is 18.1 Å². The van der Waals surface area contributed by atoms with Crippen LogP contribution in [0.15, 0.2) is 84.1 Å². The van der Waals surface area contributed by atoms with Gasteiger partial charge >= 0.3 is 0 Å². The van der Waals surface area contributed by atoms with Gasteiger partial charge in [0, 0.05) is 5.02 Å². The van der Waals surface area contributed by atoms with E-state index in [1.54, 1.807) is 42.5 Å². The average molecular weight is 561 g/mol. The van der Waals surface area contributed by atoms with Crippen LogP contribution < -0.4 is 14.4 Å². The highest BCUT2D eigenvalue weighted by Gasteiger charge is 2.45. The smallest absolute Gasteiger partial charge is 0.296 e. The summed E-state index contributed by atoms with van der Waals surface area (Å²) in [5, 5.41) is 11.9. The lowest BCUT2D eigenvalue weighted by atomic mass is 9.95. The quantitative estimate of drug-likeness (QED) is 0.223. The van der Waals surface area contributed by atoms with E-state index < -0.39 is 23.5 Å². The number of allylic oxidation sites excluding steroid dienone is 1. The number of carbonyl (C=O) groups excluding carboxylic acids is 2. The van der Waals surface area contributed by atoms with Crippen LogP contribution in [0.25, 0.3) is 16.3 Å². The standard InChI is InChI=1S/C30H25ClN2O5S/c1-3-37-23-15-11-19(16-24(23)38-4-2)27-26(22(34)14-10-18-8-6-5-7-9-18)28(35)29(36)33(27)30-32-21-13-12-20(31)17-25(21)39-30/h5-17,27,35H,3-4H2,1-2H3/b14-10+. The summed E-state index contributed by atoms with van der Waals surface area (Å²) >= 11 is 7.42. The Morgan fingerprint density at radius 3 is 2.54 bits per heavy atom. The second kappa shape index (κ2) is 11.3. The Hall–Kier alpha value is -4.14. The first-order chi connectivity index (χ1) is 18.9. The van der Waals surface area contributed by atoms with E-state index in [2.05, 4.69) is 4.98 Å². The molecule has 3 aromatic carbocycles. The van der Waals surface area contributed by atoms with Crippen LogP contribution in [0.5, 0.6) is 11.5 Å². The number of ketones is 1. The van der Waals surface area contributed by atoms with Crippen molar-refractivity contribution in [3.63, 3.8) is 0 Å². The number of nitrogens with zero attached hydrogens (tertiary/aromatic N) is 2. The zero-order chi connectivity index (χ0) is 27.5. The van der Waals surface area contributed by atoms with Crippen molar-refractivity contribution in [1.29, 1.82) is 0 Å². The first kappa shape index (κ1) is 26.5. The van der Waals surface area contributed by atoms with Gasteiger partial charge in [-0.25, -0.2) is 4.98 Å². The van der Waals surface area contributed by atoms with Crippen LogP contribution in [0.2, 0.25) is 5.02 Å². The van der Waals surface area contributed by atoms with Gasteiger partial charge in [0.25, 0.3) is 5.91 Å². The molecular formula is C30H25ClN2O5S. The van der Waals surface area contributed by atoms with Crippen molar-refractivity contribution < 1.29 is 24.2 Å². The maximum atomic E-state index is 13.6. The zero-order valence-corrected chi connectivity index (χ0v) is 22.8. The number of aliphatic hydroxyl groups excluding tert-OH is 1. The van der Waals surface area contributed by atoms with Gasteiger partial charge in [-0.15, -0.1) is 0 Å². The van der Waals surface area contributed by atoms with Crippen molar-refractivity contribution in [2.45, 2.75) is 19.9 Å². The van der Waals surface area contributed by atoms with Crippen molar-refractivity contribution in [2.24, 2.45) is 0 Å². The Bertz CT molecular complexity index is 1610. The van der Waals surface area contributed by atoms with E-state index >= 15 is 0 Å². The number of ether oxygens (including phenoxy) is 2. The molecule has 0 bridgehead atoms. The van der Waals surface area contributed by atoms with E-state index in [0.29, 0.717) is 45.9 Å². The molecule has 1 N–H and O–H groups in total. The summed E-state index contributed by atoms with van der Waals surface area (Å²) in [5.74, 6) is -0.814. The minimum atomic E-state index is -0.948. The van der Waals surface area contributed by atoms with Gasteiger partial charge in [-0.1, -0.05) is 65.4 Å². The molecule has 1 aromatic heterocycles. The van der Waals surface area contributed by atoms with E-state index in [4.69, 9.17) is 21.1 Å². The fourth-order valence-corrected chi connectivity index (χ4v) is 5.69. The molecule has 1 amide bonds. The summed E-state index contributed by atoms with van der Waals surface area (Å²) < 4.78 is 12.3. The second-order valence-corrected chi connectivity index (χ2v) is 10.1. The molecule has 198 valence electrons. The van der Waals surface area contributed by atoms with Crippen LogP contribution in [0.3, 0.4) is 0 Å². The van der Waals surface area contributed by atoms with Gasteiger partial charge in [0.15, 0.2) is 28.2 Å². The number of fused-ring (bicyclic) bond motifs is 1. The molecule has 0 radical (unpaired) electrons. The Balaban J connectivity index is 1.63. The van der Waals surface area contributed by atoms with Crippen molar-refractivity contribution in [3.05, 3.63) is 100 Å². The second-order valence-electron chi connectivity index (χ2n) is 8.63. The molecule has 1 unspecified atom stereocenters. The molecule has 2 heterocycles. The van der Waals surface area contributed by atoms with Gasteiger partial charge in [0.1, 0.15) is 0 Å². The number of aromatic nitrogens is 1. The largest absolute Gasteiger partial charge is 0.503 e. The highest BCUT2D eigenvalue weighted by atomic mass is 35.5. The molecule has 0 fully saturated rings. The molecule has 1 aliphatic heterocycles. The Labute approximate surface area is 234 Å². The van der Waals surface area contributed by atoms with Gasteiger partial charge < -0.3 is 14.6 Å². The van der Waals surface area contributed by atoms with Gasteiger partial charge in [0.05, 0.1) is 35.0 Å². The van der Waals surface area contributed by atoms with E-state index in [9.17, 15) is 14.7 Å². The van der Waals surface area contributed by atoms with E-state index in [1.807, 2.05) is 44.2 Å². The third kappa shape index (κ3) is 5.26. The molecule has 39 heavy (non-hydrogen) atoms. The lowest BCUT2D eigenvalue weighted by Gasteiger charge is -2.25. The van der Waals surface area contributed by atoms with Crippen LogP contribution in [0, 0.1) is 0 Å². The molecule has 1 aliphatic rings. The topological polar surface area (TPSA) is 89.0 Å². The van der Waals surface area contributed by atoms with Crippen molar-refractivity contribution in [3.8, 4) is 11.5 Å². The number of hydrogen-bond donors (Lipinski definition) is 1. The van der Waals surface area contributed by atoms with Crippen molar-refractivity contribution in [1.82, 2.24) is 4.98 Å². The predicted molar refractivity (Wildman–Crippen MR) is 154 cm³/mol. The molecule has 9 heteroatoms. The van der Waals surface area contributed by atoms with Crippen LogP contribution in [-0.4, -0.2) is 35.0 Å². The molecule has 0 saturated heterocycles. The summed E-state index contributed by atoms with van der Waals surface area (Å²) in [6.07, 6.45) is 3.01. The average Bonchev–Trinajstić information content (AvgIpc) is 3.46. The summed E-state index contributed by atoms with van der Waals surface area (Å²) in [6, 6.07) is 18.8. The fraction of sp³-hybridized carbons (Fsp3) is 0.167. The molecular weight excluding hydrogens is 536 g/mol. The van der Waals surface area contributed by atoms with E-state index in [1.165, 1.54) is 22.3 Å². The fourth-order valence-electron chi connectivity index (χ4n) is 4.42. The minimum Gasteiger partial charge on any atom is -0.503 e. The molecule has 4 aromatic rings. The summed E-state index contributed by atoms with van der Waals surface area (Å²) in [5.41, 5.74) is 1.98. The number of benzene rings is 3. The zero-order valence-electron chi connectivity index (χ0n) is 21.3. The number of thiazole rings is 1. The van der Waals surface area contributed by atoms with Gasteiger partial charge in [-0.05, 0) is 61.4 Å². The number of hydrogen-bond acceptors (Lipinski definition) is 7. The highest BCUT2D eigenvalue weighted by molar-refractivity contribution is 7.22. The highest BCUT2D eigenvalue weighted by Crippen LogP contribution is 2.45. The number of aliphatic hydroxyl groups is 1. The summed E-state index contributed by atoms with van der Waals surface area (Å²) in [6.45, 7) is 4.56. The molecule has 0 spiro atoms. The van der Waals surface area contributed by atoms with E-state index in [-0.39, 0.29) is 5.57 Å². The summed E-state index contributed by atoms with van der Waals surface area (Å²) in [4.78, 5) is 33.1. The first-order valence-corrected chi connectivity index (χ1v) is 13.6. The number of rotatable bonds is 9. The third-order valence-corrected chi connectivity index (χ3v) is 7.38. The van der Waals surface area contributed by atoms with Gasteiger partial charge in [-0.2, -0.15) is 0 Å². The third-order valence-electron chi connectivity index (χ3n) is 6.13. The Morgan fingerprint density at radius 2 is 1.79 bits per heavy atom. The SMILES string of the molecule is CCOc1ccc(C2C(C(=O)/C=C/c3ccccc3)=C(O)C(=O)N2c2nc3ccc(Cl)cc3s2)cc1OCC. The number of amides is 1. The summed E-state index contributed by atoms with van der Waals surface area (Å²) in [7, 11) is 0. The Kier molecular flexibility index (Phi) is 7.67. The molecule has 0 aliphatic carbocycles. The number of carbonyl (C=O) groups is 2. The lowest BCUT2D eigenvalue weighted by Crippen LogP contribution is -2.30. The van der Waals surface area contributed by atoms with Gasteiger partial charge in [-0.3, -0.25) is 14.5 Å². The Morgan fingerprint density at radius 1 is 1.05 bits per heavy atom. The lowest BCUT2D eigenvalue weighted by molar-refractivity contribution is -0.117.